The molecule has 0 aromatic heterocycles. The zero-order valence-corrected chi connectivity index (χ0v) is 16.7. The normalized spacial score (nSPS) is 14.7. The van der Waals surface area contributed by atoms with E-state index in [1.54, 1.807) is 24.3 Å². The molecule has 2 aliphatic rings. The highest BCUT2D eigenvalue weighted by Gasteiger charge is 2.32. The summed E-state index contributed by atoms with van der Waals surface area (Å²) in [5.41, 5.74) is 2.82. The summed E-state index contributed by atoms with van der Waals surface area (Å²) < 4.78 is 9.41. The molecule has 6 heteroatoms. The van der Waals surface area contributed by atoms with Gasteiger partial charge in [-0.15, -0.1) is 0 Å². The molecule has 0 radical (unpaired) electrons. The average molecular weight is 406 g/mol. The van der Waals surface area contributed by atoms with E-state index in [2.05, 4.69) is 6.92 Å². The first-order valence-corrected chi connectivity index (χ1v) is 10.3. The van der Waals surface area contributed by atoms with Crippen LogP contribution in [-0.2, 0) is 9.47 Å². The molecule has 30 heavy (non-hydrogen) atoms. The zero-order valence-electron chi connectivity index (χ0n) is 16.7. The van der Waals surface area contributed by atoms with Gasteiger partial charge in [-0.05, 0) is 41.8 Å². The molecule has 0 N–H and O–H groups in total. The highest BCUT2D eigenvalue weighted by molar-refractivity contribution is 6.15. The molecular weight excluding hydrogens is 384 g/mol. The van der Waals surface area contributed by atoms with Crippen molar-refractivity contribution in [1.29, 1.82) is 0 Å². The third-order valence-corrected chi connectivity index (χ3v) is 5.74. The minimum absolute atomic E-state index is 0.0887. The number of hydrogen-bond donors (Lipinski definition) is 0. The van der Waals surface area contributed by atoms with Gasteiger partial charge < -0.3 is 9.47 Å². The van der Waals surface area contributed by atoms with Crippen LogP contribution in [0.25, 0.3) is 0 Å². The van der Waals surface area contributed by atoms with E-state index in [4.69, 9.17) is 9.47 Å². The van der Waals surface area contributed by atoms with Crippen LogP contribution in [-0.4, -0.2) is 23.9 Å². The van der Waals surface area contributed by atoms with Crippen molar-refractivity contribution in [2.24, 2.45) is 0 Å². The summed E-state index contributed by atoms with van der Waals surface area (Å²) in [5, 5.41) is 0. The van der Waals surface area contributed by atoms with Crippen molar-refractivity contribution < 1.29 is 28.7 Å². The first kappa shape index (κ1) is 20.0. The molecule has 2 aromatic carbocycles. The van der Waals surface area contributed by atoms with Crippen LogP contribution in [0.3, 0.4) is 0 Å². The van der Waals surface area contributed by atoms with Gasteiger partial charge in [-0.1, -0.05) is 51.2 Å². The maximum Gasteiger partial charge on any atom is 0.346 e. The fourth-order valence-corrected chi connectivity index (χ4v) is 4.12. The lowest BCUT2D eigenvalue weighted by Gasteiger charge is -2.19. The van der Waals surface area contributed by atoms with Crippen LogP contribution in [0.4, 0.5) is 0 Å². The molecule has 0 amide bonds. The van der Waals surface area contributed by atoms with E-state index in [0.29, 0.717) is 0 Å². The Morgan fingerprint density at radius 3 is 1.60 bits per heavy atom. The number of unbranched alkanes of at least 4 members (excludes halogenated alkanes) is 4. The maximum absolute atomic E-state index is 12.0. The van der Waals surface area contributed by atoms with Gasteiger partial charge in [0, 0.05) is 5.92 Å². The lowest BCUT2D eigenvalue weighted by molar-refractivity contribution is 0.0425. The van der Waals surface area contributed by atoms with Crippen molar-refractivity contribution in [1.82, 2.24) is 0 Å². The van der Waals surface area contributed by atoms with E-state index < -0.39 is 23.9 Å². The van der Waals surface area contributed by atoms with Crippen LogP contribution in [0.2, 0.25) is 0 Å². The fraction of sp³-hybridized carbons (Fsp3) is 0.333. The Morgan fingerprint density at radius 2 is 1.10 bits per heavy atom. The Kier molecular flexibility index (Phi) is 5.48. The molecule has 0 saturated heterocycles. The second kappa shape index (κ2) is 8.22. The van der Waals surface area contributed by atoms with Crippen molar-refractivity contribution in [2.75, 3.05) is 0 Å². The highest BCUT2D eigenvalue weighted by atomic mass is 16.6. The first-order valence-electron chi connectivity index (χ1n) is 10.3. The first-order chi connectivity index (χ1) is 14.5. The van der Waals surface area contributed by atoms with Gasteiger partial charge in [-0.3, -0.25) is 0 Å². The number of carbonyl (C=O) groups is 4. The minimum atomic E-state index is -0.637. The maximum atomic E-state index is 12.0. The summed E-state index contributed by atoms with van der Waals surface area (Å²) in [6.07, 6.45) is 6.37. The van der Waals surface area contributed by atoms with Crippen LogP contribution in [0.1, 0.15) is 104 Å². The molecular formula is C24H22O6. The third kappa shape index (κ3) is 3.65. The molecule has 154 valence electrons. The van der Waals surface area contributed by atoms with Gasteiger partial charge in [0.25, 0.3) is 0 Å². The minimum Gasteiger partial charge on any atom is -0.386 e. The molecule has 0 fully saturated rings. The standard InChI is InChI=1S/C24H22O6/c1-2-3-4-5-6-7-16(14-8-10-17-19(12-14)23(27)29-21(17)25)15-9-11-18-20(13-15)24(28)30-22(18)26/h8-13,16H,2-7H2,1H3. The SMILES string of the molecule is CCCCCCCC(c1ccc2c(c1)C(=O)OC2=O)c1ccc2c(c1)C(=O)OC2=O. The summed E-state index contributed by atoms with van der Waals surface area (Å²) in [4.78, 5) is 47.6. The Labute approximate surface area is 174 Å². The summed E-state index contributed by atoms with van der Waals surface area (Å²) in [5.74, 6) is -2.62. The fourth-order valence-electron chi connectivity index (χ4n) is 4.12. The smallest absolute Gasteiger partial charge is 0.346 e. The molecule has 2 heterocycles. The lowest BCUT2D eigenvalue weighted by atomic mass is 9.84. The van der Waals surface area contributed by atoms with E-state index in [1.807, 2.05) is 12.1 Å². The molecule has 0 saturated carbocycles. The Balaban J connectivity index is 1.67. The molecule has 0 spiro atoms. The van der Waals surface area contributed by atoms with E-state index in [1.165, 1.54) is 6.42 Å². The van der Waals surface area contributed by atoms with Gasteiger partial charge in [0.1, 0.15) is 0 Å². The molecule has 0 aliphatic carbocycles. The van der Waals surface area contributed by atoms with Crippen LogP contribution in [0.5, 0.6) is 0 Å². The van der Waals surface area contributed by atoms with Gasteiger partial charge in [0.15, 0.2) is 0 Å². The number of benzene rings is 2. The van der Waals surface area contributed by atoms with Crippen molar-refractivity contribution in [2.45, 2.75) is 51.4 Å². The number of cyclic esters (lactones) is 4. The average Bonchev–Trinajstić information content (AvgIpc) is 3.19. The number of hydrogen-bond acceptors (Lipinski definition) is 6. The second-order valence-electron chi connectivity index (χ2n) is 7.72. The van der Waals surface area contributed by atoms with Crippen LogP contribution in [0.15, 0.2) is 36.4 Å². The largest absolute Gasteiger partial charge is 0.386 e. The predicted molar refractivity (Wildman–Crippen MR) is 108 cm³/mol. The van der Waals surface area contributed by atoms with Gasteiger partial charge in [-0.25, -0.2) is 19.2 Å². The number of ether oxygens (including phenoxy) is 2. The van der Waals surface area contributed by atoms with E-state index in [0.717, 1.165) is 43.2 Å². The molecule has 0 bridgehead atoms. The van der Waals surface area contributed by atoms with E-state index in [9.17, 15) is 19.2 Å². The zero-order chi connectivity index (χ0) is 21.3. The van der Waals surface area contributed by atoms with Crippen LogP contribution in [0, 0.1) is 0 Å². The molecule has 4 rings (SSSR count). The summed E-state index contributed by atoms with van der Waals surface area (Å²) >= 11 is 0. The number of esters is 4. The van der Waals surface area contributed by atoms with Crippen molar-refractivity contribution in [3.05, 3.63) is 69.8 Å². The summed E-state index contributed by atoms with van der Waals surface area (Å²) in [6, 6.07) is 10.3. The van der Waals surface area contributed by atoms with Gasteiger partial charge in [0.05, 0.1) is 22.3 Å². The van der Waals surface area contributed by atoms with Crippen molar-refractivity contribution in [3.63, 3.8) is 0 Å². The van der Waals surface area contributed by atoms with Crippen LogP contribution < -0.4 is 0 Å². The monoisotopic (exact) mass is 406 g/mol. The molecule has 0 unspecified atom stereocenters. The quantitative estimate of drug-likeness (QED) is 0.356. The van der Waals surface area contributed by atoms with Gasteiger partial charge >= 0.3 is 23.9 Å². The van der Waals surface area contributed by atoms with Crippen molar-refractivity contribution in [3.8, 4) is 0 Å². The van der Waals surface area contributed by atoms with E-state index >= 15 is 0 Å². The Bertz CT molecular complexity index is 974. The Morgan fingerprint density at radius 1 is 0.633 bits per heavy atom. The number of rotatable bonds is 8. The molecule has 6 nitrogen and oxygen atoms in total. The van der Waals surface area contributed by atoms with E-state index in [-0.39, 0.29) is 28.2 Å². The summed E-state index contributed by atoms with van der Waals surface area (Å²) in [6.45, 7) is 2.17. The van der Waals surface area contributed by atoms with Crippen molar-refractivity contribution >= 4 is 23.9 Å². The Hall–Kier alpha value is -3.28. The highest BCUT2D eigenvalue weighted by Crippen LogP contribution is 2.35. The second-order valence-corrected chi connectivity index (χ2v) is 7.72. The lowest BCUT2D eigenvalue weighted by Crippen LogP contribution is -2.06. The molecule has 0 atom stereocenters. The van der Waals surface area contributed by atoms with Gasteiger partial charge in [0.2, 0.25) is 0 Å². The summed E-state index contributed by atoms with van der Waals surface area (Å²) in [7, 11) is 0. The topological polar surface area (TPSA) is 86.7 Å². The molecule has 2 aromatic rings. The van der Waals surface area contributed by atoms with Gasteiger partial charge in [-0.2, -0.15) is 0 Å². The molecule has 2 aliphatic heterocycles. The van der Waals surface area contributed by atoms with Crippen LogP contribution >= 0.6 is 0 Å². The number of fused-ring (bicyclic) bond motifs is 2. The predicted octanol–water partition coefficient (Wildman–Crippen LogP) is 4.80. The third-order valence-electron chi connectivity index (χ3n) is 5.74. The number of carbonyl (C=O) groups excluding carboxylic acids is 4.